The van der Waals surface area contributed by atoms with Crippen LogP contribution in [0.15, 0.2) is 0 Å². The van der Waals surface area contributed by atoms with E-state index in [9.17, 15) is 18.3 Å². The molecule has 8 heteroatoms. The second-order valence-corrected chi connectivity index (χ2v) is 7.78. The maximum atomic E-state index is 12.1. The fourth-order valence-electron chi connectivity index (χ4n) is 3.43. The lowest BCUT2D eigenvalue weighted by molar-refractivity contribution is -0.166. The first kappa shape index (κ1) is 21.6. The molecule has 24 heavy (non-hydrogen) atoms. The lowest BCUT2D eigenvalue weighted by Crippen LogP contribution is -2.37. The van der Waals surface area contributed by atoms with Gasteiger partial charge in [-0.25, -0.2) is 0 Å². The van der Waals surface area contributed by atoms with Gasteiger partial charge in [0.15, 0.2) is 0 Å². The number of alkyl halides is 3. The summed E-state index contributed by atoms with van der Waals surface area (Å²) in [4.78, 5) is 4.08. The summed E-state index contributed by atoms with van der Waals surface area (Å²) in [6.07, 6.45) is -5.12. The van der Waals surface area contributed by atoms with Gasteiger partial charge in [0.2, 0.25) is 0 Å². The lowest BCUT2D eigenvalue weighted by Gasteiger charge is -2.30. The van der Waals surface area contributed by atoms with Crippen LogP contribution in [-0.4, -0.2) is 90.9 Å². The van der Waals surface area contributed by atoms with E-state index in [1.54, 1.807) is 6.92 Å². The van der Waals surface area contributed by atoms with E-state index in [-0.39, 0.29) is 18.6 Å². The Morgan fingerprint density at radius 2 is 1.50 bits per heavy atom. The number of aliphatic hydroxyl groups excluding tert-OH is 3. The molecule has 2 saturated heterocycles. The Labute approximate surface area is 142 Å². The molecule has 0 aromatic heterocycles. The molecule has 2 atom stereocenters. The molecule has 0 amide bonds. The number of halogens is 3. The molecule has 3 N–H and O–H groups in total. The molecule has 144 valence electrons. The largest absolute Gasteiger partial charge is 0.396 e. The van der Waals surface area contributed by atoms with Crippen molar-refractivity contribution in [2.75, 3.05) is 53.5 Å². The van der Waals surface area contributed by atoms with Crippen molar-refractivity contribution < 1.29 is 28.5 Å². The Morgan fingerprint density at radius 1 is 1.00 bits per heavy atom. The fraction of sp³-hybridized carbons (Fsp3) is 1.00. The van der Waals surface area contributed by atoms with Gasteiger partial charge in [0, 0.05) is 23.9 Å². The highest BCUT2D eigenvalue weighted by molar-refractivity contribution is 4.91. The van der Waals surface area contributed by atoms with Gasteiger partial charge < -0.3 is 25.1 Å². The average molecular weight is 356 g/mol. The highest BCUT2D eigenvalue weighted by Gasteiger charge is 2.44. The third-order valence-corrected chi connectivity index (χ3v) is 5.23. The minimum Gasteiger partial charge on any atom is -0.396 e. The second-order valence-electron chi connectivity index (χ2n) is 7.78. The topological polar surface area (TPSA) is 67.2 Å². The smallest absolute Gasteiger partial charge is 0.391 e. The van der Waals surface area contributed by atoms with Crippen molar-refractivity contribution in [2.45, 2.75) is 38.5 Å². The molecule has 0 aromatic carbocycles. The molecule has 2 aliphatic heterocycles. The van der Waals surface area contributed by atoms with Gasteiger partial charge in [-0.3, -0.25) is 0 Å². The van der Waals surface area contributed by atoms with E-state index >= 15 is 0 Å². The van der Waals surface area contributed by atoms with Crippen LogP contribution in [0.5, 0.6) is 0 Å². The fourth-order valence-corrected chi connectivity index (χ4v) is 3.43. The van der Waals surface area contributed by atoms with Gasteiger partial charge in [0.05, 0.1) is 25.7 Å². The van der Waals surface area contributed by atoms with E-state index < -0.39 is 24.1 Å². The zero-order valence-electron chi connectivity index (χ0n) is 14.8. The van der Waals surface area contributed by atoms with Gasteiger partial charge in [-0.1, -0.05) is 6.92 Å². The minimum atomic E-state index is -4.27. The molecule has 2 fully saturated rings. The molecule has 2 unspecified atom stereocenters. The predicted octanol–water partition coefficient (Wildman–Crippen LogP) is 0.934. The Balaban J connectivity index is 0.000000254. The molecule has 2 heterocycles. The molecule has 5 nitrogen and oxygen atoms in total. The van der Waals surface area contributed by atoms with Crippen molar-refractivity contribution in [3.05, 3.63) is 0 Å². The van der Waals surface area contributed by atoms with Crippen LogP contribution in [0.2, 0.25) is 0 Å². The van der Waals surface area contributed by atoms with Gasteiger partial charge >= 0.3 is 6.18 Å². The molecule has 0 aliphatic carbocycles. The molecule has 0 bridgehead atoms. The lowest BCUT2D eigenvalue weighted by atomic mass is 9.82. The molecular weight excluding hydrogens is 325 g/mol. The van der Waals surface area contributed by atoms with Crippen LogP contribution in [0.1, 0.15) is 26.2 Å². The van der Waals surface area contributed by atoms with E-state index in [1.165, 1.54) is 0 Å². The minimum absolute atomic E-state index is 0.105. The molecular formula is C16H31F3N2O3. The Kier molecular flexibility index (Phi) is 7.49. The molecule has 2 rings (SSSR count). The van der Waals surface area contributed by atoms with Crippen molar-refractivity contribution in [2.24, 2.45) is 10.8 Å². The van der Waals surface area contributed by atoms with Gasteiger partial charge in [-0.2, -0.15) is 13.2 Å². The van der Waals surface area contributed by atoms with Gasteiger partial charge in [-0.05, 0) is 40.0 Å². The highest BCUT2D eigenvalue weighted by atomic mass is 19.4. The third-order valence-electron chi connectivity index (χ3n) is 5.23. The quantitative estimate of drug-likeness (QED) is 0.699. The summed E-state index contributed by atoms with van der Waals surface area (Å²) in [6, 6.07) is 0. The van der Waals surface area contributed by atoms with Crippen molar-refractivity contribution in [1.29, 1.82) is 0 Å². The molecule has 0 spiro atoms. The number of nitrogens with zero attached hydrogens (tertiary/aromatic N) is 2. The summed E-state index contributed by atoms with van der Waals surface area (Å²) in [5.74, 6) is 0. The molecule has 0 saturated carbocycles. The summed E-state index contributed by atoms with van der Waals surface area (Å²) in [5.41, 5.74) is -0.820. The normalized spacial score (nSPS) is 29.4. The second kappa shape index (κ2) is 8.31. The number of rotatable bonds is 4. The summed E-state index contributed by atoms with van der Waals surface area (Å²) < 4.78 is 36.2. The van der Waals surface area contributed by atoms with Gasteiger partial charge in [0.1, 0.15) is 0 Å². The Hall–Kier alpha value is -0.410. The number of aliphatic hydroxyl groups is 3. The third kappa shape index (κ3) is 6.15. The standard InChI is InChI=1S/C9H16F3NO.C7H15NO2/c1-8(3-4-13(2)6-8)7(14)5-9(10,11)12;1-8-3-2-7(4-8,5-9)6-10/h7,14H,3-6H2,1-2H3;9-10H,2-6H2,1H3. The van der Waals surface area contributed by atoms with Crippen molar-refractivity contribution in [1.82, 2.24) is 9.80 Å². The van der Waals surface area contributed by atoms with Crippen LogP contribution in [0, 0.1) is 10.8 Å². The Morgan fingerprint density at radius 3 is 1.79 bits per heavy atom. The van der Waals surface area contributed by atoms with E-state index in [1.807, 2.05) is 19.0 Å². The SMILES string of the molecule is CN1CCC(C)(C(O)CC(F)(F)F)C1.CN1CCC(CO)(CO)C1. The van der Waals surface area contributed by atoms with E-state index in [0.29, 0.717) is 13.0 Å². The van der Waals surface area contributed by atoms with Crippen LogP contribution >= 0.6 is 0 Å². The molecule has 0 radical (unpaired) electrons. The zero-order valence-corrected chi connectivity index (χ0v) is 14.8. The number of hydrogen-bond donors (Lipinski definition) is 3. The van der Waals surface area contributed by atoms with Gasteiger partial charge in [-0.15, -0.1) is 0 Å². The average Bonchev–Trinajstić information content (AvgIpc) is 3.02. The first-order valence-corrected chi connectivity index (χ1v) is 8.29. The highest BCUT2D eigenvalue weighted by Crippen LogP contribution is 2.37. The summed E-state index contributed by atoms with van der Waals surface area (Å²) >= 11 is 0. The van der Waals surface area contributed by atoms with E-state index in [2.05, 4.69) is 4.90 Å². The molecule has 2 aliphatic rings. The van der Waals surface area contributed by atoms with Crippen LogP contribution in [-0.2, 0) is 0 Å². The summed E-state index contributed by atoms with van der Waals surface area (Å²) in [7, 11) is 3.86. The first-order chi connectivity index (χ1) is 11.0. The van der Waals surface area contributed by atoms with E-state index in [4.69, 9.17) is 10.2 Å². The predicted molar refractivity (Wildman–Crippen MR) is 85.6 cm³/mol. The van der Waals surface area contributed by atoms with E-state index in [0.717, 1.165) is 26.1 Å². The number of hydrogen-bond acceptors (Lipinski definition) is 5. The van der Waals surface area contributed by atoms with Crippen LogP contribution < -0.4 is 0 Å². The van der Waals surface area contributed by atoms with Crippen molar-refractivity contribution >= 4 is 0 Å². The molecule has 0 aromatic rings. The summed E-state index contributed by atoms with van der Waals surface area (Å²) in [6.45, 7) is 5.02. The monoisotopic (exact) mass is 356 g/mol. The number of likely N-dealkylation sites (tertiary alicyclic amines) is 2. The van der Waals surface area contributed by atoms with Crippen LogP contribution in [0.3, 0.4) is 0 Å². The van der Waals surface area contributed by atoms with Gasteiger partial charge in [0.25, 0.3) is 0 Å². The first-order valence-electron chi connectivity index (χ1n) is 8.29. The van der Waals surface area contributed by atoms with Crippen molar-refractivity contribution in [3.8, 4) is 0 Å². The van der Waals surface area contributed by atoms with Crippen LogP contribution in [0.4, 0.5) is 13.2 Å². The summed E-state index contributed by atoms with van der Waals surface area (Å²) in [5, 5.41) is 27.4. The Bertz CT molecular complexity index is 391. The van der Waals surface area contributed by atoms with Crippen molar-refractivity contribution in [3.63, 3.8) is 0 Å². The maximum absolute atomic E-state index is 12.1. The maximum Gasteiger partial charge on any atom is 0.391 e. The zero-order chi connectivity index (χ0) is 18.6. The van der Waals surface area contributed by atoms with Crippen LogP contribution in [0.25, 0.3) is 0 Å².